The number of phenols is 1. The van der Waals surface area contributed by atoms with Crippen LogP contribution < -0.4 is 10.6 Å². The normalized spacial score (nSPS) is 37.7. The fourth-order valence-corrected chi connectivity index (χ4v) is 8.64. The average Bonchev–Trinajstić information content (AvgIpc) is 2.94. The number of aryl methyl sites for hydroxylation is 1. The first-order valence-corrected chi connectivity index (χ1v) is 16.1. The molecule has 1 aliphatic heterocycles. The standard InChI is InChI=1S/C32H45IN2O9/c1-7-29(4)17-22(38)32(42)30(5)21(37)12-13-28(2,3)25(30)24(40)26(31(32,6)44-29)43-27(41)35-15-14-34-23(39)11-9-18-8-10-20(36)19(33)16-18/h7-8,10,16,21,24-26,36-37,40,42H,1,9,11-15,17H2,2-6H3,(H,34,39)(H,35,41)/t21-,24-,25-,26-,29-,30-,31+,32-/m0/s1. The van der Waals surface area contributed by atoms with Crippen LogP contribution in [-0.4, -0.2) is 86.4 Å². The Balaban J connectivity index is 1.48. The number of alkyl carbamates (subject to hydrolysis) is 1. The molecule has 4 rings (SSSR count). The summed E-state index contributed by atoms with van der Waals surface area (Å²) >= 11 is 2.02. The lowest BCUT2D eigenvalue weighted by atomic mass is 9.40. The third kappa shape index (κ3) is 5.65. The summed E-state index contributed by atoms with van der Waals surface area (Å²) in [5.74, 6) is -1.45. The van der Waals surface area contributed by atoms with E-state index in [0.29, 0.717) is 22.8 Å². The van der Waals surface area contributed by atoms with E-state index in [2.05, 4.69) is 17.2 Å². The molecule has 2 saturated carbocycles. The molecule has 11 nitrogen and oxygen atoms in total. The molecule has 0 aromatic heterocycles. The maximum atomic E-state index is 14.0. The van der Waals surface area contributed by atoms with Gasteiger partial charge >= 0.3 is 6.09 Å². The highest BCUT2D eigenvalue weighted by atomic mass is 127. The molecule has 8 atom stereocenters. The van der Waals surface area contributed by atoms with Crippen molar-refractivity contribution in [1.82, 2.24) is 10.6 Å². The van der Waals surface area contributed by atoms with Gasteiger partial charge < -0.3 is 40.5 Å². The van der Waals surface area contributed by atoms with Crippen molar-refractivity contribution in [3.63, 3.8) is 0 Å². The summed E-state index contributed by atoms with van der Waals surface area (Å²) in [5, 5.41) is 50.7. The van der Waals surface area contributed by atoms with Crippen LogP contribution in [0.25, 0.3) is 0 Å². The van der Waals surface area contributed by atoms with Crippen molar-refractivity contribution in [2.45, 2.75) is 102 Å². The number of Topliss-reactive ketones (excluding diaryl/α,β-unsaturated/α-hetero) is 1. The number of amides is 2. The van der Waals surface area contributed by atoms with Crippen molar-refractivity contribution in [1.29, 1.82) is 0 Å². The topological polar surface area (TPSA) is 175 Å². The fraction of sp³-hybridized carbons (Fsp3) is 0.656. The number of aliphatic hydroxyl groups excluding tert-OH is 2. The molecule has 2 aliphatic carbocycles. The van der Waals surface area contributed by atoms with Crippen LogP contribution in [0.4, 0.5) is 4.79 Å². The Morgan fingerprint density at radius 3 is 2.45 bits per heavy atom. The zero-order valence-electron chi connectivity index (χ0n) is 26.0. The molecule has 0 spiro atoms. The number of ketones is 1. The average molecular weight is 729 g/mol. The summed E-state index contributed by atoms with van der Waals surface area (Å²) in [6, 6.07) is 5.14. The largest absolute Gasteiger partial charge is 0.507 e. The third-order valence-electron chi connectivity index (χ3n) is 10.3. The number of benzene rings is 1. The number of nitrogens with one attached hydrogen (secondary N) is 2. The molecule has 6 N–H and O–H groups in total. The van der Waals surface area contributed by atoms with Crippen LogP contribution in [0.15, 0.2) is 30.9 Å². The quantitative estimate of drug-likeness (QED) is 0.134. The van der Waals surface area contributed by atoms with E-state index >= 15 is 0 Å². The van der Waals surface area contributed by atoms with Gasteiger partial charge in [-0.2, -0.15) is 0 Å². The Hall–Kier alpha value is -2.26. The van der Waals surface area contributed by atoms with Crippen LogP contribution in [0, 0.1) is 20.3 Å². The SMILES string of the molecule is C=C[C@@]1(C)CC(=O)[C@]2(O)[C@@]3(C)[C@@H](O)CCC(C)(C)[C@@H]3[C@H](O)[C@H](OC(=O)NCCNC(=O)CCc3ccc(O)c(I)c3)[C@@]2(C)O1. The minimum atomic E-state index is -2.31. The van der Waals surface area contributed by atoms with Crippen molar-refractivity contribution < 1.29 is 44.3 Å². The molecule has 1 aromatic carbocycles. The number of carbonyl (C=O) groups excluding carboxylic acids is 3. The minimum absolute atomic E-state index is 0.0149. The molecule has 0 bridgehead atoms. The smallest absolute Gasteiger partial charge is 0.407 e. The number of ether oxygens (including phenoxy) is 2. The fourth-order valence-electron chi connectivity index (χ4n) is 8.06. The Kier molecular flexibility index (Phi) is 9.56. The van der Waals surface area contributed by atoms with E-state index in [-0.39, 0.29) is 37.6 Å². The lowest BCUT2D eigenvalue weighted by Gasteiger charge is -2.71. The molecule has 244 valence electrons. The lowest BCUT2D eigenvalue weighted by molar-refractivity contribution is -0.369. The van der Waals surface area contributed by atoms with Crippen molar-refractivity contribution in [3.8, 4) is 5.75 Å². The number of hydrogen-bond donors (Lipinski definition) is 6. The zero-order valence-corrected chi connectivity index (χ0v) is 28.1. The second-order valence-electron chi connectivity index (χ2n) is 13.7. The first kappa shape index (κ1) is 34.6. The van der Waals surface area contributed by atoms with E-state index in [9.17, 15) is 34.8 Å². The second kappa shape index (κ2) is 12.2. The van der Waals surface area contributed by atoms with Gasteiger partial charge in [-0.3, -0.25) is 9.59 Å². The van der Waals surface area contributed by atoms with E-state index < -0.39 is 63.7 Å². The van der Waals surface area contributed by atoms with Gasteiger partial charge in [-0.1, -0.05) is 32.9 Å². The van der Waals surface area contributed by atoms with Crippen molar-refractivity contribution in [2.24, 2.45) is 16.7 Å². The van der Waals surface area contributed by atoms with Crippen LogP contribution in [-0.2, 0) is 25.5 Å². The maximum Gasteiger partial charge on any atom is 0.407 e. The molecule has 1 heterocycles. The van der Waals surface area contributed by atoms with Crippen LogP contribution >= 0.6 is 22.6 Å². The van der Waals surface area contributed by atoms with Crippen LogP contribution in [0.2, 0.25) is 0 Å². The molecule has 44 heavy (non-hydrogen) atoms. The monoisotopic (exact) mass is 728 g/mol. The van der Waals surface area contributed by atoms with Crippen LogP contribution in [0.1, 0.15) is 65.9 Å². The molecule has 12 heteroatoms. The zero-order chi connectivity index (χ0) is 32.9. The van der Waals surface area contributed by atoms with E-state index in [1.807, 2.05) is 36.4 Å². The van der Waals surface area contributed by atoms with Crippen molar-refractivity contribution in [2.75, 3.05) is 13.1 Å². The van der Waals surface area contributed by atoms with Gasteiger partial charge in [0.25, 0.3) is 0 Å². The molecule has 3 fully saturated rings. The number of hydrogen-bond acceptors (Lipinski definition) is 9. The highest BCUT2D eigenvalue weighted by Crippen LogP contribution is 2.67. The summed E-state index contributed by atoms with van der Waals surface area (Å²) in [4.78, 5) is 39.4. The van der Waals surface area contributed by atoms with Crippen LogP contribution in [0.3, 0.4) is 0 Å². The summed E-state index contributed by atoms with van der Waals surface area (Å²) in [6.45, 7) is 12.4. The summed E-state index contributed by atoms with van der Waals surface area (Å²) < 4.78 is 12.9. The first-order chi connectivity index (χ1) is 20.4. The first-order valence-electron chi connectivity index (χ1n) is 15.0. The van der Waals surface area contributed by atoms with E-state index in [4.69, 9.17) is 9.47 Å². The number of aliphatic hydroxyl groups is 3. The van der Waals surface area contributed by atoms with E-state index in [0.717, 1.165) is 5.56 Å². The van der Waals surface area contributed by atoms with Crippen molar-refractivity contribution in [3.05, 3.63) is 40.0 Å². The Morgan fingerprint density at radius 2 is 1.82 bits per heavy atom. The Bertz CT molecular complexity index is 1320. The number of rotatable bonds is 8. The minimum Gasteiger partial charge on any atom is -0.507 e. The summed E-state index contributed by atoms with van der Waals surface area (Å²) in [5.41, 5.74) is -6.72. The molecule has 1 saturated heterocycles. The molecule has 3 aliphatic rings. The molecule has 0 unspecified atom stereocenters. The van der Waals surface area contributed by atoms with Gasteiger partial charge in [0.05, 0.1) is 21.4 Å². The van der Waals surface area contributed by atoms with E-state index in [1.54, 1.807) is 32.0 Å². The van der Waals surface area contributed by atoms with Gasteiger partial charge in [0.1, 0.15) is 11.4 Å². The van der Waals surface area contributed by atoms with Gasteiger partial charge in [-0.05, 0) is 78.8 Å². The van der Waals surface area contributed by atoms with Gasteiger partial charge in [-0.15, -0.1) is 6.58 Å². The summed E-state index contributed by atoms with van der Waals surface area (Å²) in [7, 11) is 0. The second-order valence-corrected chi connectivity index (χ2v) is 14.9. The van der Waals surface area contributed by atoms with Gasteiger partial charge in [0.2, 0.25) is 5.91 Å². The molecule has 1 aromatic rings. The number of halogens is 1. The highest BCUT2D eigenvalue weighted by molar-refractivity contribution is 14.1. The lowest BCUT2D eigenvalue weighted by Crippen LogP contribution is -2.86. The third-order valence-corrected chi connectivity index (χ3v) is 11.2. The number of phenolic OH excluding ortho intramolecular Hbond substituents is 1. The van der Waals surface area contributed by atoms with Gasteiger partial charge in [0.15, 0.2) is 17.5 Å². The summed E-state index contributed by atoms with van der Waals surface area (Å²) in [6.07, 6.45) is -2.19. The molecule has 0 radical (unpaired) electrons. The molecule has 2 amide bonds. The number of aromatic hydroxyl groups is 1. The predicted molar refractivity (Wildman–Crippen MR) is 170 cm³/mol. The van der Waals surface area contributed by atoms with E-state index in [1.165, 1.54) is 13.0 Å². The number of carbonyl (C=O) groups is 3. The van der Waals surface area contributed by atoms with Gasteiger partial charge in [-0.25, -0.2) is 4.79 Å². The van der Waals surface area contributed by atoms with Crippen LogP contribution in [0.5, 0.6) is 5.75 Å². The van der Waals surface area contributed by atoms with Gasteiger partial charge in [0, 0.05) is 37.3 Å². The Morgan fingerprint density at radius 1 is 1.16 bits per heavy atom. The predicted octanol–water partition coefficient (Wildman–Crippen LogP) is 2.74. The van der Waals surface area contributed by atoms with Crippen molar-refractivity contribution >= 4 is 40.4 Å². The Labute approximate surface area is 271 Å². The molecular weight excluding hydrogens is 683 g/mol. The number of fused-ring (bicyclic) bond motifs is 3. The maximum absolute atomic E-state index is 14.0. The molecular formula is C32H45IN2O9. The highest BCUT2D eigenvalue weighted by Gasteiger charge is 2.81.